The summed E-state index contributed by atoms with van der Waals surface area (Å²) in [6.45, 7) is 2.75. The van der Waals surface area contributed by atoms with Gasteiger partial charge in [0.05, 0.1) is 21.1 Å². The summed E-state index contributed by atoms with van der Waals surface area (Å²) in [5.41, 5.74) is 1.69. The Kier molecular flexibility index (Phi) is 3.48. The summed E-state index contributed by atoms with van der Waals surface area (Å²) >= 11 is 9.05. The maximum absolute atomic E-state index is 13.7. The summed E-state index contributed by atoms with van der Waals surface area (Å²) in [5.74, 6) is -0.210. The minimum atomic E-state index is -0.210. The molecule has 6 heteroatoms. The molecule has 1 aromatic carbocycles. The molecule has 0 amide bonds. The van der Waals surface area contributed by atoms with Crippen LogP contribution < -0.4 is 0 Å². The molecule has 2 aromatic heterocycles. The first-order valence-electron chi connectivity index (χ1n) is 5.67. The van der Waals surface area contributed by atoms with E-state index in [1.54, 1.807) is 23.5 Å². The zero-order chi connectivity index (χ0) is 13.6. The second kappa shape index (κ2) is 4.99. The molecule has 0 unspecified atom stereocenters. The van der Waals surface area contributed by atoms with E-state index in [1.807, 2.05) is 27.2 Å². The molecule has 3 rings (SSSR count). The lowest BCUT2D eigenvalue weighted by atomic mass is 10.3. The fraction of sp³-hybridized carbons (Fsp3) is 0.154. The molecule has 98 valence electrons. The van der Waals surface area contributed by atoms with Crippen molar-refractivity contribution in [1.29, 1.82) is 0 Å². The quantitative estimate of drug-likeness (QED) is 0.478. The van der Waals surface area contributed by atoms with E-state index in [0.717, 1.165) is 11.0 Å². The van der Waals surface area contributed by atoms with Gasteiger partial charge in [-0.25, -0.2) is 4.39 Å². The molecule has 0 atom stereocenters. The number of thiophene rings is 1. The first-order chi connectivity index (χ1) is 9.04. The van der Waals surface area contributed by atoms with E-state index in [1.165, 1.54) is 9.75 Å². The number of halogens is 2. The lowest BCUT2D eigenvalue weighted by molar-refractivity contribution is 0.621. The van der Waals surface area contributed by atoms with E-state index in [9.17, 15) is 4.39 Å². The van der Waals surface area contributed by atoms with Crippen molar-refractivity contribution in [2.75, 3.05) is 0 Å². The van der Waals surface area contributed by atoms with Gasteiger partial charge in [0.25, 0.3) is 0 Å². The average molecular weight is 404 g/mol. The van der Waals surface area contributed by atoms with Crippen LogP contribution in [0.2, 0.25) is 0 Å². The molecule has 0 bridgehead atoms. The van der Waals surface area contributed by atoms with Gasteiger partial charge in [-0.05, 0) is 59.9 Å². The maximum atomic E-state index is 13.7. The Hall–Kier alpha value is -0.730. The molecule has 0 aliphatic rings. The fourth-order valence-electron chi connectivity index (χ4n) is 2.03. The van der Waals surface area contributed by atoms with Gasteiger partial charge in [-0.1, -0.05) is 0 Å². The van der Waals surface area contributed by atoms with E-state index in [-0.39, 0.29) is 5.82 Å². The number of H-pyrrole nitrogens is 1. The molecule has 2 nitrogen and oxygen atoms in total. The third-order valence-corrected chi connectivity index (χ3v) is 5.06. The Bertz CT molecular complexity index is 816. The number of hydrogen-bond acceptors (Lipinski definition) is 2. The Balaban J connectivity index is 2.15. The molecule has 0 aliphatic carbocycles. The second-order valence-electron chi connectivity index (χ2n) is 4.31. The van der Waals surface area contributed by atoms with Gasteiger partial charge in [0.1, 0.15) is 5.82 Å². The lowest BCUT2D eigenvalue weighted by Gasteiger charge is -2.03. The van der Waals surface area contributed by atoms with Crippen LogP contribution in [0.3, 0.4) is 0 Å². The molecule has 0 radical (unpaired) electrons. The SMILES string of the molecule is Cc1ccc(Cn2c(=S)[nH]c3cc(I)c(F)cc32)s1. The topological polar surface area (TPSA) is 20.7 Å². The van der Waals surface area contributed by atoms with Crippen LogP contribution in [0.5, 0.6) is 0 Å². The van der Waals surface area contributed by atoms with Crippen LogP contribution in [0.1, 0.15) is 9.75 Å². The minimum Gasteiger partial charge on any atom is -0.331 e. The van der Waals surface area contributed by atoms with Crippen molar-refractivity contribution >= 4 is 57.2 Å². The van der Waals surface area contributed by atoms with Crippen LogP contribution in [-0.4, -0.2) is 9.55 Å². The molecule has 0 fully saturated rings. The number of fused-ring (bicyclic) bond motifs is 1. The van der Waals surface area contributed by atoms with Gasteiger partial charge < -0.3 is 9.55 Å². The molecular formula is C13H10FIN2S2. The van der Waals surface area contributed by atoms with E-state index >= 15 is 0 Å². The molecule has 3 aromatic rings. The van der Waals surface area contributed by atoms with E-state index < -0.39 is 0 Å². The van der Waals surface area contributed by atoms with Gasteiger partial charge >= 0.3 is 0 Å². The number of nitrogens with one attached hydrogen (secondary N) is 1. The van der Waals surface area contributed by atoms with Crippen molar-refractivity contribution in [3.63, 3.8) is 0 Å². The second-order valence-corrected chi connectivity index (χ2v) is 7.23. The van der Waals surface area contributed by atoms with Gasteiger partial charge in [-0.15, -0.1) is 11.3 Å². The van der Waals surface area contributed by atoms with Crippen LogP contribution in [0.15, 0.2) is 24.3 Å². The number of nitrogens with zero attached hydrogens (tertiary/aromatic N) is 1. The molecule has 2 heterocycles. The number of aromatic amines is 1. The lowest BCUT2D eigenvalue weighted by Crippen LogP contribution is -1.98. The zero-order valence-electron chi connectivity index (χ0n) is 10.0. The van der Waals surface area contributed by atoms with Crippen LogP contribution in [0.25, 0.3) is 11.0 Å². The molecule has 0 saturated heterocycles. The van der Waals surface area contributed by atoms with Crippen molar-refractivity contribution in [1.82, 2.24) is 9.55 Å². The highest BCUT2D eigenvalue weighted by molar-refractivity contribution is 14.1. The Labute approximate surface area is 132 Å². The number of imidazole rings is 1. The Morgan fingerprint density at radius 3 is 2.89 bits per heavy atom. The van der Waals surface area contributed by atoms with Crippen molar-refractivity contribution in [3.05, 3.63) is 48.2 Å². The number of benzene rings is 1. The minimum absolute atomic E-state index is 0.210. The summed E-state index contributed by atoms with van der Waals surface area (Å²) in [4.78, 5) is 5.62. The fourth-order valence-corrected chi connectivity index (χ4v) is 3.65. The van der Waals surface area contributed by atoms with Gasteiger partial charge in [-0.2, -0.15) is 0 Å². The molecule has 0 saturated carbocycles. The van der Waals surface area contributed by atoms with Crippen LogP contribution in [-0.2, 0) is 6.54 Å². The normalized spacial score (nSPS) is 11.3. The first-order valence-corrected chi connectivity index (χ1v) is 7.98. The monoisotopic (exact) mass is 404 g/mol. The van der Waals surface area contributed by atoms with Gasteiger partial charge in [0.2, 0.25) is 0 Å². The van der Waals surface area contributed by atoms with Crippen LogP contribution in [0, 0.1) is 21.1 Å². The number of hydrogen-bond donors (Lipinski definition) is 1. The summed E-state index contributed by atoms with van der Waals surface area (Å²) in [6, 6.07) is 7.51. The Morgan fingerprint density at radius 2 is 2.21 bits per heavy atom. The zero-order valence-corrected chi connectivity index (χ0v) is 13.8. The van der Waals surface area contributed by atoms with Gasteiger partial charge in [-0.3, -0.25) is 0 Å². The smallest absolute Gasteiger partial charge is 0.178 e. The van der Waals surface area contributed by atoms with Gasteiger partial charge in [0.15, 0.2) is 4.77 Å². The van der Waals surface area contributed by atoms with Crippen molar-refractivity contribution in [2.45, 2.75) is 13.5 Å². The predicted molar refractivity (Wildman–Crippen MR) is 88.0 cm³/mol. The average Bonchev–Trinajstić information content (AvgIpc) is 2.87. The maximum Gasteiger partial charge on any atom is 0.178 e. The summed E-state index contributed by atoms with van der Waals surface area (Å²) in [7, 11) is 0. The molecule has 0 spiro atoms. The van der Waals surface area contributed by atoms with Crippen LogP contribution >= 0.6 is 46.1 Å². The van der Waals surface area contributed by atoms with Crippen molar-refractivity contribution in [2.24, 2.45) is 0 Å². The summed E-state index contributed by atoms with van der Waals surface area (Å²) in [5, 5.41) is 0. The molecule has 1 N–H and O–H groups in total. The third-order valence-electron chi connectivity index (χ3n) is 2.93. The number of aromatic nitrogens is 2. The molecular weight excluding hydrogens is 394 g/mol. The highest BCUT2D eigenvalue weighted by Crippen LogP contribution is 2.23. The van der Waals surface area contributed by atoms with E-state index in [4.69, 9.17) is 12.2 Å². The number of rotatable bonds is 2. The highest BCUT2D eigenvalue weighted by atomic mass is 127. The first kappa shape index (κ1) is 13.3. The highest BCUT2D eigenvalue weighted by Gasteiger charge is 2.09. The van der Waals surface area contributed by atoms with Crippen molar-refractivity contribution in [3.8, 4) is 0 Å². The predicted octanol–water partition coefficient (Wildman–Crippen LogP) is 4.86. The standard InChI is InChI=1S/C13H10FIN2S2/c1-7-2-3-8(19-7)6-17-12-4-9(14)10(15)5-11(12)16-13(17)18/h2-5H,6H2,1H3,(H,16,18). The molecule has 0 aliphatic heterocycles. The summed E-state index contributed by atoms with van der Waals surface area (Å²) in [6.07, 6.45) is 0. The Morgan fingerprint density at radius 1 is 1.42 bits per heavy atom. The van der Waals surface area contributed by atoms with E-state index in [2.05, 4.69) is 24.0 Å². The third kappa shape index (κ3) is 2.48. The largest absolute Gasteiger partial charge is 0.331 e. The van der Waals surface area contributed by atoms with Gasteiger partial charge in [0, 0.05) is 15.8 Å². The molecule has 19 heavy (non-hydrogen) atoms. The van der Waals surface area contributed by atoms with Crippen LogP contribution in [0.4, 0.5) is 4.39 Å². The number of aryl methyl sites for hydroxylation is 1. The van der Waals surface area contributed by atoms with E-state index in [0.29, 0.717) is 14.9 Å². The van der Waals surface area contributed by atoms with Crippen molar-refractivity contribution < 1.29 is 4.39 Å². The summed E-state index contributed by atoms with van der Waals surface area (Å²) < 4.78 is 16.9.